The maximum atomic E-state index is 12.1. The predicted octanol–water partition coefficient (Wildman–Crippen LogP) is 1.56. The summed E-state index contributed by atoms with van der Waals surface area (Å²) >= 11 is 0. The second kappa shape index (κ2) is 7.79. The minimum Gasteiger partial charge on any atom is -0.484 e. The number of aryl methyl sites for hydroxylation is 2. The van der Waals surface area contributed by atoms with E-state index in [-0.39, 0.29) is 11.5 Å². The summed E-state index contributed by atoms with van der Waals surface area (Å²) in [5.74, 6) is -0.112. The van der Waals surface area contributed by atoms with Gasteiger partial charge in [-0.25, -0.2) is 8.42 Å². The molecule has 0 bridgehead atoms. The molecule has 0 fully saturated rings. The summed E-state index contributed by atoms with van der Waals surface area (Å²) < 4.78 is 29.4. The van der Waals surface area contributed by atoms with Crippen LogP contribution in [0.5, 0.6) is 5.75 Å². The highest BCUT2D eigenvalue weighted by Gasteiger charge is 2.15. The van der Waals surface area contributed by atoms with Crippen LogP contribution in [0.1, 0.15) is 16.7 Å². The van der Waals surface area contributed by atoms with Gasteiger partial charge in [0.25, 0.3) is 15.9 Å². The minimum atomic E-state index is -3.92. The summed E-state index contributed by atoms with van der Waals surface area (Å²) in [7, 11) is -3.92. The van der Waals surface area contributed by atoms with Gasteiger partial charge >= 0.3 is 0 Å². The van der Waals surface area contributed by atoms with E-state index in [2.05, 4.69) is 5.43 Å². The number of carbonyl (C=O) groups is 1. The van der Waals surface area contributed by atoms with Crippen molar-refractivity contribution in [2.45, 2.75) is 18.7 Å². The summed E-state index contributed by atoms with van der Waals surface area (Å²) in [4.78, 5) is 13.7. The van der Waals surface area contributed by atoms with Gasteiger partial charge in [0, 0.05) is 0 Å². The molecular formula is C17H17N3O4S. The van der Waals surface area contributed by atoms with Gasteiger partial charge in [0.2, 0.25) is 0 Å². The van der Waals surface area contributed by atoms with E-state index in [9.17, 15) is 13.2 Å². The first-order chi connectivity index (χ1) is 11.8. The Kier molecular flexibility index (Phi) is 5.75. The first-order valence-corrected chi connectivity index (χ1v) is 8.80. The van der Waals surface area contributed by atoms with Crippen molar-refractivity contribution < 1.29 is 17.9 Å². The van der Waals surface area contributed by atoms with Crippen LogP contribution in [0.4, 0.5) is 0 Å². The van der Waals surface area contributed by atoms with Crippen molar-refractivity contribution in [3.63, 3.8) is 0 Å². The second-order valence-corrected chi connectivity index (χ2v) is 7.08. The summed E-state index contributed by atoms with van der Waals surface area (Å²) in [6.45, 7) is 3.48. The van der Waals surface area contributed by atoms with Gasteiger partial charge in [0.1, 0.15) is 5.75 Å². The van der Waals surface area contributed by atoms with Gasteiger partial charge in [-0.1, -0.05) is 6.07 Å². The lowest BCUT2D eigenvalue weighted by molar-refractivity contribution is -0.123. The Morgan fingerprint density at radius 1 is 1.12 bits per heavy atom. The average molecular weight is 359 g/mol. The highest BCUT2D eigenvalue weighted by Crippen LogP contribution is 2.16. The largest absolute Gasteiger partial charge is 0.484 e. The Balaban J connectivity index is 1.91. The molecule has 0 spiro atoms. The Labute approximate surface area is 146 Å². The molecule has 2 rings (SSSR count). The third kappa shape index (κ3) is 5.31. The van der Waals surface area contributed by atoms with E-state index < -0.39 is 15.9 Å². The smallest absolute Gasteiger partial charge is 0.272 e. The number of hydrogen-bond acceptors (Lipinski definition) is 5. The molecule has 0 unspecified atom stereocenters. The number of ether oxygens (including phenoxy) is 1. The Hall–Kier alpha value is -2.89. The summed E-state index contributed by atoms with van der Waals surface area (Å²) in [5, 5.41) is 8.71. The molecule has 0 aromatic heterocycles. The van der Waals surface area contributed by atoms with E-state index in [1.54, 1.807) is 12.1 Å². The van der Waals surface area contributed by atoms with E-state index in [1.165, 1.54) is 24.3 Å². The van der Waals surface area contributed by atoms with Crippen molar-refractivity contribution in [2.75, 3.05) is 6.61 Å². The van der Waals surface area contributed by atoms with Crippen molar-refractivity contribution >= 4 is 15.9 Å². The molecule has 0 radical (unpaired) electrons. The molecule has 2 aromatic carbocycles. The lowest BCUT2D eigenvalue weighted by Gasteiger charge is -2.10. The second-order valence-electron chi connectivity index (χ2n) is 5.40. The monoisotopic (exact) mass is 359 g/mol. The summed E-state index contributed by atoms with van der Waals surface area (Å²) in [6, 6.07) is 12.7. The number of amides is 1. The van der Waals surface area contributed by atoms with Crippen LogP contribution in [0, 0.1) is 25.2 Å². The Morgan fingerprint density at radius 2 is 1.72 bits per heavy atom. The zero-order chi connectivity index (χ0) is 18.4. The van der Waals surface area contributed by atoms with Gasteiger partial charge in [0.15, 0.2) is 6.61 Å². The zero-order valence-electron chi connectivity index (χ0n) is 13.7. The first-order valence-electron chi connectivity index (χ1n) is 7.32. The zero-order valence-corrected chi connectivity index (χ0v) is 14.6. The molecule has 0 atom stereocenters. The van der Waals surface area contributed by atoms with Crippen LogP contribution in [0.2, 0.25) is 0 Å². The van der Waals surface area contributed by atoms with Crippen LogP contribution in [-0.4, -0.2) is 20.9 Å². The highest BCUT2D eigenvalue weighted by molar-refractivity contribution is 7.89. The van der Waals surface area contributed by atoms with E-state index >= 15 is 0 Å². The molecule has 0 aliphatic rings. The number of carbonyl (C=O) groups excluding carboxylic acids is 1. The molecule has 2 aromatic rings. The van der Waals surface area contributed by atoms with Gasteiger partial charge < -0.3 is 4.74 Å². The number of nitriles is 1. The standard InChI is InChI=1S/C17H17N3O4S/c1-12-7-13(2)9-15(8-12)24-11-17(21)19-20-25(22,23)16-5-3-14(10-18)4-6-16/h3-9,20H,11H2,1-2H3,(H,19,21). The van der Waals surface area contributed by atoms with Crippen LogP contribution < -0.4 is 15.0 Å². The number of sulfonamides is 1. The van der Waals surface area contributed by atoms with E-state index in [0.29, 0.717) is 11.3 Å². The van der Waals surface area contributed by atoms with Crippen LogP contribution in [0.25, 0.3) is 0 Å². The summed E-state index contributed by atoms with van der Waals surface area (Å²) in [6.07, 6.45) is 0. The van der Waals surface area contributed by atoms with Gasteiger partial charge in [-0.2, -0.15) is 5.26 Å². The van der Waals surface area contributed by atoms with Gasteiger partial charge in [-0.3, -0.25) is 10.2 Å². The van der Waals surface area contributed by atoms with Crippen molar-refractivity contribution in [1.82, 2.24) is 10.3 Å². The van der Waals surface area contributed by atoms with Crippen LogP contribution >= 0.6 is 0 Å². The fourth-order valence-corrected chi connectivity index (χ4v) is 2.95. The van der Waals surface area contributed by atoms with Gasteiger partial charge in [-0.15, -0.1) is 4.83 Å². The van der Waals surface area contributed by atoms with Crippen LogP contribution in [-0.2, 0) is 14.8 Å². The quantitative estimate of drug-likeness (QED) is 0.761. The molecule has 0 saturated heterocycles. The first kappa shape index (κ1) is 18.4. The molecule has 130 valence electrons. The molecule has 1 amide bonds. The normalized spacial score (nSPS) is 10.8. The molecule has 0 saturated carbocycles. The number of hydrazine groups is 1. The van der Waals surface area contributed by atoms with Gasteiger partial charge in [-0.05, 0) is 61.4 Å². The SMILES string of the molecule is Cc1cc(C)cc(OCC(=O)NNS(=O)(=O)c2ccc(C#N)cc2)c1. The molecule has 0 aliphatic carbocycles. The molecule has 2 N–H and O–H groups in total. The van der Waals surface area contributed by atoms with Crippen molar-refractivity contribution in [3.05, 3.63) is 59.2 Å². The molecular weight excluding hydrogens is 342 g/mol. The van der Waals surface area contributed by atoms with Crippen LogP contribution in [0.3, 0.4) is 0 Å². The van der Waals surface area contributed by atoms with Crippen molar-refractivity contribution in [2.24, 2.45) is 0 Å². The van der Waals surface area contributed by atoms with Crippen LogP contribution in [0.15, 0.2) is 47.4 Å². The third-order valence-electron chi connectivity index (χ3n) is 3.18. The number of nitrogens with one attached hydrogen (secondary N) is 2. The molecule has 0 aliphatic heterocycles. The highest BCUT2D eigenvalue weighted by atomic mass is 32.2. The molecule has 0 heterocycles. The number of hydrogen-bond donors (Lipinski definition) is 2. The maximum absolute atomic E-state index is 12.1. The van der Waals surface area contributed by atoms with E-state index in [0.717, 1.165) is 11.1 Å². The summed E-state index contributed by atoms with van der Waals surface area (Å²) in [5.41, 5.74) is 4.41. The molecule has 8 heteroatoms. The number of benzene rings is 2. The molecule has 7 nitrogen and oxygen atoms in total. The predicted molar refractivity (Wildman–Crippen MR) is 91.0 cm³/mol. The molecule has 25 heavy (non-hydrogen) atoms. The fraction of sp³-hybridized carbons (Fsp3) is 0.176. The van der Waals surface area contributed by atoms with Crippen molar-refractivity contribution in [1.29, 1.82) is 5.26 Å². The van der Waals surface area contributed by atoms with Gasteiger partial charge in [0.05, 0.1) is 16.5 Å². The lowest BCUT2D eigenvalue weighted by Crippen LogP contribution is -2.43. The third-order valence-corrected chi connectivity index (χ3v) is 4.45. The fourth-order valence-electron chi connectivity index (χ4n) is 2.09. The van der Waals surface area contributed by atoms with E-state index in [4.69, 9.17) is 10.00 Å². The topological polar surface area (TPSA) is 108 Å². The Bertz CT molecular complexity index is 896. The van der Waals surface area contributed by atoms with Crippen molar-refractivity contribution in [3.8, 4) is 11.8 Å². The minimum absolute atomic E-state index is 0.0676. The Morgan fingerprint density at radius 3 is 2.28 bits per heavy atom. The average Bonchev–Trinajstić information content (AvgIpc) is 2.57. The number of rotatable bonds is 6. The number of nitrogens with zero attached hydrogens (tertiary/aromatic N) is 1. The maximum Gasteiger partial charge on any atom is 0.272 e. The lowest BCUT2D eigenvalue weighted by atomic mass is 10.1. The van der Waals surface area contributed by atoms with E-state index in [1.807, 2.05) is 30.8 Å².